The molecule has 1 saturated carbocycles. The van der Waals surface area contributed by atoms with Crippen LogP contribution >= 0.6 is 0 Å². The Bertz CT molecular complexity index is 117. The average Bonchev–Trinajstić information content (AvgIpc) is 2.07. The normalized spacial score (nSPS) is 39.8. The van der Waals surface area contributed by atoms with Crippen LogP contribution in [-0.4, -0.2) is 12.1 Å². The van der Waals surface area contributed by atoms with Gasteiger partial charge in [-0.25, -0.2) is 0 Å². The smallest absolute Gasteiger partial charge is 0.0193 e. The van der Waals surface area contributed by atoms with E-state index in [-0.39, 0.29) is 0 Å². The van der Waals surface area contributed by atoms with Crippen LogP contribution in [0.3, 0.4) is 0 Å². The summed E-state index contributed by atoms with van der Waals surface area (Å²) in [7, 11) is 0. The largest absolute Gasteiger partial charge is 0.311 e. The predicted octanol–water partition coefficient (Wildman–Crippen LogP) is 2.95. The second-order valence-corrected chi connectivity index (χ2v) is 4.14. The molecule has 2 rings (SSSR count). The van der Waals surface area contributed by atoms with Gasteiger partial charge >= 0.3 is 0 Å². The average molecular weight is 169 g/mol. The van der Waals surface area contributed by atoms with Crippen molar-refractivity contribution in [2.24, 2.45) is 5.92 Å². The van der Waals surface area contributed by atoms with Crippen molar-refractivity contribution in [2.75, 3.05) is 6.54 Å². The number of rotatable bonds is 0. The lowest BCUT2D eigenvalue weighted by molar-refractivity contribution is 0.122. The van der Waals surface area contributed by atoms with Crippen LogP contribution in [0.5, 0.6) is 0 Å². The van der Waals surface area contributed by atoms with E-state index in [0.717, 1.165) is 5.92 Å². The van der Waals surface area contributed by atoms with Crippen molar-refractivity contribution in [3.63, 3.8) is 0 Å². The Morgan fingerprint density at radius 3 is 1.92 bits per heavy atom. The van der Waals surface area contributed by atoms with Gasteiger partial charge in [-0.1, -0.05) is 20.8 Å². The molecule has 0 unspecified atom stereocenters. The molecule has 1 N–H and O–H groups in total. The number of hydrogen-bond acceptors (Lipinski definition) is 1. The SMILES string of the molecule is CC.CC1CCC2(CCN2)CC1. The lowest BCUT2D eigenvalue weighted by Gasteiger charge is -2.47. The summed E-state index contributed by atoms with van der Waals surface area (Å²) in [5.41, 5.74) is 0.631. The first-order chi connectivity index (χ1) is 5.81. The van der Waals surface area contributed by atoms with E-state index in [2.05, 4.69) is 12.2 Å². The van der Waals surface area contributed by atoms with Crippen LogP contribution in [0.25, 0.3) is 0 Å². The van der Waals surface area contributed by atoms with E-state index in [4.69, 9.17) is 0 Å². The van der Waals surface area contributed by atoms with Crippen LogP contribution in [0.2, 0.25) is 0 Å². The summed E-state index contributed by atoms with van der Waals surface area (Å²) < 4.78 is 0. The molecular weight excluding hydrogens is 146 g/mol. The molecule has 2 fully saturated rings. The van der Waals surface area contributed by atoms with Crippen molar-refractivity contribution in [1.29, 1.82) is 0 Å². The fraction of sp³-hybridized carbons (Fsp3) is 1.00. The highest BCUT2D eigenvalue weighted by Gasteiger charge is 2.38. The molecule has 1 saturated heterocycles. The lowest BCUT2D eigenvalue weighted by Crippen LogP contribution is -2.58. The quantitative estimate of drug-likeness (QED) is 0.588. The zero-order valence-electron chi connectivity index (χ0n) is 8.82. The molecule has 2 aliphatic rings. The highest BCUT2D eigenvalue weighted by molar-refractivity contribution is 4.98. The number of hydrogen-bond donors (Lipinski definition) is 1. The molecule has 1 spiro atoms. The summed E-state index contributed by atoms with van der Waals surface area (Å²) >= 11 is 0. The van der Waals surface area contributed by atoms with Gasteiger partial charge in [-0.3, -0.25) is 0 Å². The third kappa shape index (κ3) is 2.01. The van der Waals surface area contributed by atoms with Crippen LogP contribution in [-0.2, 0) is 0 Å². The molecular formula is C11H23N. The van der Waals surface area contributed by atoms with Gasteiger partial charge in [0, 0.05) is 5.54 Å². The molecule has 0 atom stereocenters. The first-order valence-corrected chi connectivity index (χ1v) is 5.56. The third-order valence-electron chi connectivity index (χ3n) is 3.33. The summed E-state index contributed by atoms with van der Waals surface area (Å²) in [5, 5.41) is 3.58. The molecule has 0 amide bonds. The maximum absolute atomic E-state index is 3.58. The minimum Gasteiger partial charge on any atom is -0.311 e. The van der Waals surface area contributed by atoms with Crippen LogP contribution in [0.1, 0.15) is 52.9 Å². The summed E-state index contributed by atoms with van der Waals surface area (Å²) in [5.74, 6) is 0.994. The van der Waals surface area contributed by atoms with Gasteiger partial charge in [-0.05, 0) is 44.6 Å². The molecule has 12 heavy (non-hydrogen) atoms. The van der Waals surface area contributed by atoms with Crippen LogP contribution in [0, 0.1) is 5.92 Å². The van der Waals surface area contributed by atoms with Crippen LogP contribution in [0.15, 0.2) is 0 Å². The van der Waals surface area contributed by atoms with E-state index in [1.807, 2.05) is 13.8 Å². The van der Waals surface area contributed by atoms with Crippen molar-refractivity contribution >= 4 is 0 Å². The zero-order chi connectivity index (χ0) is 9.03. The Balaban J connectivity index is 0.000000336. The second-order valence-electron chi connectivity index (χ2n) is 4.14. The number of nitrogens with one attached hydrogen (secondary N) is 1. The summed E-state index contributed by atoms with van der Waals surface area (Å²) in [6.45, 7) is 7.65. The lowest BCUT2D eigenvalue weighted by atomic mass is 9.72. The van der Waals surface area contributed by atoms with Gasteiger partial charge in [-0.2, -0.15) is 0 Å². The Hall–Kier alpha value is -0.0400. The maximum Gasteiger partial charge on any atom is 0.0193 e. The van der Waals surface area contributed by atoms with Crippen molar-refractivity contribution in [3.8, 4) is 0 Å². The Morgan fingerprint density at radius 2 is 1.58 bits per heavy atom. The topological polar surface area (TPSA) is 12.0 Å². The van der Waals surface area contributed by atoms with Gasteiger partial charge in [0.2, 0.25) is 0 Å². The molecule has 1 nitrogen and oxygen atoms in total. The summed E-state index contributed by atoms with van der Waals surface area (Å²) in [6.07, 6.45) is 7.22. The molecule has 1 aliphatic heterocycles. The van der Waals surface area contributed by atoms with E-state index in [0.29, 0.717) is 5.54 Å². The van der Waals surface area contributed by atoms with Crippen molar-refractivity contribution in [3.05, 3.63) is 0 Å². The molecule has 1 aliphatic carbocycles. The third-order valence-corrected chi connectivity index (χ3v) is 3.33. The molecule has 0 bridgehead atoms. The minimum atomic E-state index is 0.631. The fourth-order valence-corrected chi connectivity index (χ4v) is 2.22. The minimum absolute atomic E-state index is 0.631. The Kier molecular flexibility index (Phi) is 3.57. The molecule has 0 radical (unpaired) electrons. The van der Waals surface area contributed by atoms with E-state index in [1.54, 1.807) is 0 Å². The fourth-order valence-electron chi connectivity index (χ4n) is 2.22. The standard InChI is InChI=1S/C9H17N.C2H6/c1-8-2-4-9(5-3-8)6-7-10-9;1-2/h8,10H,2-7H2,1H3;1-2H3. The van der Waals surface area contributed by atoms with Gasteiger partial charge in [0.05, 0.1) is 0 Å². The second kappa shape index (κ2) is 4.27. The maximum atomic E-state index is 3.58. The van der Waals surface area contributed by atoms with Gasteiger partial charge in [0.25, 0.3) is 0 Å². The highest BCUT2D eigenvalue weighted by Crippen LogP contribution is 2.37. The summed E-state index contributed by atoms with van der Waals surface area (Å²) in [4.78, 5) is 0. The monoisotopic (exact) mass is 169 g/mol. The van der Waals surface area contributed by atoms with E-state index in [1.165, 1.54) is 38.6 Å². The van der Waals surface area contributed by atoms with Gasteiger partial charge in [0.15, 0.2) is 0 Å². The Morgan fingerprint density at radius 1 is 1.08 bits per heavy atom. The molecule has 0 aromatic carbocycles. The molecule has 72 valence electrons. The molecule has 0 aromatic rings. The predicted molar refractivity (Wildman–Crippen MR) is 54.3 cm³/mol. The Labute approximate surface area is 76.9 Å². The van der Waals surface area contributed by atoms with Crippen molar-refractivity contribution < 1.29 is 0 Å². The highest BCUT2D eigenvalue weighted by atomic mass is 15.0. The van der Waals surface area contributed by atoms with E-state index < -0.39 is 0 Å². The van der Waals surface area contributed by atoms with Crippen LogP contribution in [0.4, 0.5) is 0 Å². The van der Waals surface area contributed by atoms with Gasteiger partial charge in [0.1, 0.15) is 0 Å². The van der Waals surface area contributed by atoms with Crippen LogP contribution < -0.4 is 5.32 Å². The van der Waals surface area contributed by atoms with E-state index in [9.17, 15) is 0 Å². The summed E-state index contributed by atoms with van der Waals surface area (Å²) in [6, 6.07) is 0. The van der Waals surface area contributed by atoms with Gasteiger partial charge in [-0.15, -0.1) is 0 Å². The van der Waals surface area contributed by atoms with Gasteiger partial charge < -0.3 is 5.32 Å². The van der Waals surface area contributed by atoms with Crippen molar-refractivity contribution in [1.82, 2.24) is 5.32 Å². The molecule has 1 heterocycles. The zero-order valence-corrected chi connectivity index (χ0v) is 8.82. The molecule has 0 aromatic heterocycles. The van der Waals surface area contributed by atoms with E-state index >= 15 is 0 Å². The van der Waals surface area contributed by atoms with Crippen molar-refractivity contribution in [2.45, 2.75) is 58.4 Å². The molecule has 1 heteroatoms. The first-order valence-electron chi connectivity index (χ1n) is 5.56. The first kappa shape index (κ1) is 10.0.